The molecular formula is C27H28FN5O6. The number of rotatable bonds is 2. The van der Waals surface area contributed by atoms with Gasteiger partial charge in [0.1, 0.15) is 23.4 Å². The molecule has 1 fully saturated rings. The van der Waals surface area contributed by atoms with Crippen LogP contribution in [0.1, 0.15) is 32.8 Å². The van der Waals surface area contributed by atoms with E-state index in [1.54, 1.807) is 41.0 Å². The van der Waals surface area contributed by atoms with E-state index >= 15 is 0 Å². The van der Waals surface area contributed by atoms with Crippen LogP contribution in [0.15, 0.2) is 48.9 Å². The number of imidazole rings is 1. The number of aryl methyl sites for hydroxylation is 1. The number of carbonyl (C=O) groups is 3. The van der Waals surface area contributed by atoms with Crippen LogP contribution in [0.4, 0.5) is 4.39 Å². The number of ether oxygens (including phenoxy) is 3. The molecule has 5 rings (SSSR count). The number of likely N-dealkylation sites (tertiary alicyclic amines) is 1. The highest BCUT2D eigenvalue weighted by atomic mass is 19.1. The normalized spacial score (nSPS) is 19.6. The lowest BCUT2D eigenvalue weighted by atomic mass is 10.0. The van der Waals surface area contributed by atoms with Crippen LogP contribution in [-0.2, 0) is 18.4 Å². The summed E-state index contributed by atoms with van der Waals surface area (Å²) >= 11 is 0. The van der Waals surface area contributed by atoms with Gasteiger partial charge in [-0.1, -0.05) is 0 Å². The average molecular weight is 538 g/mol. The molecule has 2 N–H and O–H groups in total. The molecule has 0 radical (unpaired) electrons. The molecule has 11 nitrogen and oxygen atoms in total. The highest BCUT2D eigenvalue weighted by Gasteiger charge is 2.35. The topological polar surface area (TPSA) is 124 Å². The Bertz CT molecular complexity index is 1410. The van der Waals surface area contributed by atoms with Crippen molar-refractivity contribution in [3.63, 3.8) is 0 Å². The van der Waals surface area contributed by atoms with E-state index in [1.807, 2.05) is 0 Å². The van der Waals surface area contributed by atoms with E-state index in [-0.39, 0.29) is 42.7 Å². The Morgan fingerprint density at radius 1 is 1.21 bits per heavy atom. The van der Waals surface area contributed by atoms with E-state index in [0.29, 0.717) is 30.0 Å². The van der Waals surface area contributed by atoms with Gasteiger partial charge in [0.25, 0.3) is 17.7 Å². The van der Waals surface area contributed by atoms with Gasteiger partial charge in [-0.3, -0.25) is 14.4 Å². The minimum atomic E-state index is -0.616. The summed E-state index contributed by atoms with van der Waals surface area (Å²) in [6, 6.07) is 8.20. The first-order chi connectivity index (χ1) is 18.8. The number of amides is 3. The second kappa shape index (κ2) is 11.0. The predicted octanol–water partition coefficient (Wildman–Crippen LogP) is 1.67. The van der Waals surface area contributed by atoms with Crippen LogP contribution in [0.25, 0.3) is 0 Å². The molecule has 0 aliphatic carbocycles. The van der Waals surface area contributed by atoms with Gasteiger partial charge in [0.2, 0.25) is 0 Å². The summed E-state index contributed by atoms with van der Waals surface area (Å²) in [4.78, 5) is 44.6. The fourth-order valence-electron chi connectivity index (χ4n) is 4.66. The van der Waals surface area contributed by atoms with Crippen molar-refractivity contribution >= 4 is 17.7 Å². The molecule has 1 saturated heterocycles. The van der Waals surface area contributed by atoms with Crippen molar-refractivity contribution in [2.24, 2.45) is 7.05 Å². The summed E-state index contributed by atoms with van der Waals surface area (Å²) in [5.74, 6) is -0.808. The fraction of sp³-hybridized carbons (Fsp3) is 0.333. The number of fused-ring (bicyclic) bond motifs is 5. The molecule has 3 heterocycles. The van der Waals surface area contributed by atoms with Gasteiger partial charge in [-0.25, -0.2) is 9.37 Å². The molecule has 12 heteroatoms. The molecule has 39 heavy (non-hydrogen) atoms. The first kappa shape index (κ1) is 26.0. The molecule has 1 aromatic heterocycles. The van der Waals surface area contributed by atoms with Crippen LogP contribution >= 0.6 is 0 Å². The Balaban J connectivity index is 1.47. The first-order valence-corrected chi connectivity index (χ1v) is 12.4. The number of benzene rings is 2. The molecule has 3 amide bonds. The summed E-state index contributed by atoms with van der Waals surface area (Å²) in [5.41, 5.74) is 1.18. The molecule has 2 aliphatic heterocycles. The second-order valence-corrected chi connectivity index (χ2v) is 9.39. The lowest BCUT2D eigenvalue weighted by Crippen LogP contribution is -2.58. The van der Waals surface area contributed by atoms with E-state index in [0.717, 1.165) is 0 Å². The van der Waals surface area contributed by atoms with Crippen molar-refractivity contribution in [3.8, 4) is 17.2 Å². The predicted molar refractivity (Wildman–Crippen MR) is 136 cm³/mol. The number of piperidine rings is 1. The fourth-order valence-corrected chi connectivity index (χ4v) is 4.66. The number of carbonyl (C=O) groups excluding carboxylic acids is 3. The van der Waals surface area contributed by atoms with Gasteiger partial charge in [-0.05, 0) is 35.9 Å². The van der Waals surface area contributed by atoms with Gasteiger partial charge in [0.05, 0.1) is 25.7 Å². The minimum absolute atomic E-state index is 0.0608. The quantitative estimate of drug-likeness (QED) is 0.510. The number of nitrogens with one attached hydrogen (secondary N) is 2. The highest BCUT2D eigenvalue weighted by Crippen LogP contribution is 2.29. The lowest BCUT2D eigenvalue weighted by molar-refractivity contribution is -0.123. The number of hydrogen-bond donors (Lipinski definition) is 2. The molecule has 4 bridgehead atoms. The number of methoxy groups -OCH3 is 1. The highest BCUT2D eigenvalue weighted by molar-refractivity contribution is 5.95. The van der Waals surface area contributed by atoms with Crippen LogP contribution in [0.5, 0.6) is 17.2 Å². The molecule has 0 unspecified atom stereocenters. The number of halogens is 1. The first-order valence-electron chi connectivity index (χ1n) is 12.4. The Morgan fingerprint density at radius 3 is 2.82 bits per heavy atom. The summed E-state index contributed by atoms with van der Waals surface area (Å²) in [6.07, 6.45) is 2.86. The van der Waals surface area contributed by atoms with Crippen molar-refractivity contribution < 1.29 is 33.0 Å². The van der Waals surface area contributed by atoms with Crippen LogP contribution < -0.4 is 24.8 Å². The van der Waals surface area contributed by atoms with Gasteiger partial charge < -0.3 is 34.3 Å². The van der Waals surface area contributed by atoms with Crippen LogP contribution in [0.2, 0.25) is 0 Å². The summed E-state index contributed by atoms with van der Waals surface area (Å²) in [6.45, 7) is 0.249. The number of nitrogens with zero attached hydrogens (tertiary/aromatic N) is 3. The third-order valence-corrected chi connectivity index (χ3v) is 6.68. The maximum Gasteiger partial charge on any atom is 0.272 e. The van der Waals surface area contributed by atoms with Gasteiger partial charge >= 0.3 is 0 Å². The molecule has 3 aromatic rings. The second-order valence-electron chi connectivity index (χ2n) is 9.39. The Hall–Kier alpha value is -4.61. The van der Waals surface area contributed by atoms with Gasteiger partial charge in [0, 0.05) is 44.7 Å². The van der Waals surface area contributed by atoms with Crippen molar-refractivity contribution in [2.45, 2.75) is 25.1 Å². The minimum Gasteiger partial charge on any atom is -0.493 e. The van der Waals surface area contributed by atoms with Gasteiger partial charge in [0.15, 0.2) is 18.1 Å². The SMILES string of the molecule is COc1ccc2cc1OCC(=O)NCc1cc(F)cc(c1)O[C@@H]1CCN(C(=O)c3cncn3C)C[C@@H]1NC2=O. The third-order valence-electron chi connectivity index (χ3n) is 6.68. The van der Waals surface area contributed by atoms with E-state index in [1.165, 1.54) is 31.5 Å². The van der Waals surface area contributed by atoms with Crippen molar-refractivity contribution in [2.75, 3.05) is 26.8 Å². The Labute approximate surface area is 223 Å². The lowest BCUT2D eigenvalue weighted by Gasteiger charge is -2.39. The molecule has 204 valence electrons. The standard InChI is InChI=1S/C27H28FN5O6/c1-32-15-29-12-21(32)27(36)33-6-5-22-20(13-33)31-26(35)17-3-4-23(37-2)24(9-17)38-14-25(34)30-11-16-7-18(28)10-19(8-16)39-22/h3-4,7-10,12,15,20,22H,5-6,11,13-14H2,1-2H3,(H,30,34)(H,31,35)/t20-,22+/m0/s1. The monoisotopic (exact) mass is 537 g/mol. The zero-order valence-electron chi connectivity index (χ0n) is 21.5. The van der Waals surface area contributed by atoms with Crippen molar-refractivity contribution in [1.82, 2.24) is 25.1 Å². The molecule has 2 aliphatic rings. The third kappa shape index (κ3) is 5.79. The summed E-state index contributed by atoms with van der Waals surface area (Å²) < 4.78 is 33.2. The number of hydrogen-bond acceptors (Lipinski definition) is 7. The molecule has 2 atom stereocenters. The largest absolute Gasteiger partial charge is 0.493 e. The average Bonchev–Trinajstić information content (AvgIpc) is 3.36. The summed E-state index contributed by atoms with van der Waals surface area (Å²) in [5, 5.41) is 5.66. The Kier molecular flexibility index (Phi) is 7.35. The zero-order chi connectivity index (χ0) is 27.5. The van der Waals surface area contributed by atoms with Crippen LogP contribution in [0.3, 0.4) is 0 Å². The smallest absolute Gasteiger partial charge is 0.272 e. The van der Waals surface area contributed by atoms with Crippen molar-refractivity contribution in [3.05, 3.63) is 71.6 Å². The van der Waals surface area contributed by atoms with Gasteiger partial charge in [-0.15, -0.1) is 0 Å². The van der Waals surface area contributed by atoms with Crippen LogP contribution in [0, 0.1) is 5.82 Å². The van der Waals surface area contributed by atoms with E-state index in [4.69, 9.17) is 14.2 Å². The van der Waals surface area contributed by atoms with Crippen LogP contribution in [-0.4, -0.2) is 71.1 Å². The van der Waals surface area contributed by atoms with Crippen molar-refractivity contribution in [1.29, 1.82) is 0 Å². The van der Waals surface area contributed by atoms with E-state index in [2.05, 4.69) is 15.6 Å². The molecule has 0 spiro atoms. The number of aromatic nitrogens is 2. The zero-order valence-corrected chi connectivity index (χ0v) is 21.5. The van der Waals surface area contributed by atoms with E-state index in [9.17, 15) is 18.8 Å². The summed E-state index contributed by atoms with van der Waals surface area (Å²) in [7, 11) is 3.19. The maximum atomic E-state index is 14.4. The Morgan fingerprint density at radius 2 is 2.05 bits per heavy atom. The van der Waals surface area contributed by atoms with E-state index < -0.39 is 29.8 Å². The van der Waals surface area contributed by atoms with Gasteiger partial charge in [-0.2, -0.15) is 0 Å². The molecule has 2 aromatic carbocycles. The maximum absolute atomic E-state index is 14.4. The molecular weight excluding hydrogens is 509 g/mol. The molecule has 0 saturated carbocycles.